The second-order valence-electron chi connectivity index (χ2n) is 3.04. The molecule has 15 heavy (non-hydrogen) atoms. The Kier molecular flexibility index (Phi) is 18.9. The maximum atomic E-state index is 10.3. The fraction of sp³-hybridized carbons (Fsp3) is 0.778. The number of hydrogen-bond donors (Lipinski definition) is 0. The van der Waals surface area contributed by atoms with Gasteiger partial charge in [-0.05, 0) is 6.42 Å². The molecule has 0 aromatic carbocycles. The third-order valence-corrected chi connectivity index (χ3v) is 1.92. The number of carboxylic acids is 2. The minimum Gasteiger partial charge on any atom is -0.549 e. The summed E-state index contributed by atoms with van der Waals surface area (Å²) in [4.78, 5) is 20.5. The third-order valence-electron chi connectivity index (χ3n) is 1.92. The molecule has 0 spiro atoms. The molecule has 0 radical (unpaired) electrons. The molecule has 0 amide bonds. The van der Waals surface area contributed by atoms with Crippen molar-refractivity contribution in [2.24, 2.45) is 5.92 Å². The number of unbranched alkanes of at least 4 members (excludes halogenated alkanes) is 3. The quantitative estimate of drug-likeness (QED) is 0.248. The van der Waals surface area contributed by atoms with Crippen molar-refractivity contribution >= 4 is 11.9 Å². The molecular formula is C9H14KLiO4. The maximum Gasteiger partial charge on any atom is 1.00 e. The molecule has 0 heterocycles. The van der Waals surface area contributed by atoms with Crippen molar-refractivity contribution in [3.63, 3.8) is 0 Å². The van der Waals surface area contributed by atoms with Crippen LogP contribution in [0.25, 0.3) is 0 Å². The number of rotatable bonds is 7. The summed E-state index contributed by atoms with van der Waals surface area (Å²) < 4.78 is 0. The molecule has 0 atom stereocenters. The summed E-state index contributed by atoms with van der Waals surface area (Å²) in [6.07, 6.45) is 3.59. The second-order valence-corrected chi connectivity index (χ2v) is 3.04. The van der Waals surface area contributed by atoms with E-state index in [1.807, 2.05) is 6.92 Å². The molecule has 76 valence electrons. The average Bonchev–Trinajstić information content (AvgIpc) is 2.02. The van der Waals surface area contributed by atoms with Gasteiger partial charge in [0.05, 0.1) is 11.9 Å². The fourth-order valence-electron chi connectivity index (χ4n) is 1.11. The summed E-state index contributed by atoms with van der Waals surface area (Å²) in [5.74, 6) is -4.54. The van der Waals surface area contributed by atoms with Gasteiger partial charge in [0, 0.05) is 5.92 Å². The van der Waals surface area contributed by atoms with Crippen LogP contribution in [0, 0.1) is 5.92 Å². The van der Waals surface area contributed by atoms with Crippen LogP contribution in [-0.4, -0.2) is 11.9 Å². The Morgan fingerprint density at radius 2 is 1.53 bits per heavy atom. The van der Waals surface area contributed by atoms with E-state index in [4.69, 9.17) is 0 Å². The number of carbonyl (C=O) groups is 2. The molecule has 0 unspecified atom stereocenters. The van der Waals surface area contributed by atoms with Crippen LogP contribution in [0.4, 0.5) is 0 Å². The Bertz CT molecular complexity index is 173. The summed E-state index contributed by atoms with van der Waals surface area (Å²) in [7, 11) is 0. The number of carboxylic acid groups (broad SMARTS) is 2. The molecule has 0 aliphatic carbocycles. The smallest absolute Gasteiger partial charge is 0.549 e. The zero-order valence-corrected chi connectivity index (χ0v) is 12.9. The molecule has 6 heteroatoms. The normalized spacial score (nSPS) is 8.93. The molecule has 0 fully saturated rings. The summed E-state index contributed by atoms with van der Waals surface area (Å²) in [6, 6.07) is 0. The van der Waals surface area contributed by atoms with Crippen molar-refractivity contribution in [2.75, 3.05) is 0 Å². The van der Waals surface area contributed by atoms with Crippen molar-refractivity contribution in [1.29, 1.82) is 0 Å². The van der Waals surface area contributed by atoms with E-state index in [9.17, 15) is 19.8 Å². The Morgan fingerprint density at radius 1 is 1.07 bits per heavy atom. The molecule has 0 aliphatic rings. The van der Waals surface area contributed by atoms with Crippen molar-refractivity contribution in [1.82, 2.24) is 0 Å². The van der Waals surface area contributed by atoms with Crippen LogP contribution in [0.5, 0.6) is 0 Å². The minimum absolute atomic E-state index is 0. The molecule has 0 saturated carbocycles. The van der Waals surface area contributed by atoms with Gasteiger partial charge in [-0.2, -0.15) is 0 Å². The topological polar surface area (TPSA) is 80.3 Å². The van der Waals surface area contributed by atoms with E-state index in [0.717, 1.165) is 19.3 Å². The van der Waals surface area contributed by atoms with Gasteiger partial charge in [0.25, 0.3) is 0 Å². The molecule has 0 aromatic heterocycles. The van der Waals surface area contributed by atoms with Crippen LogP contribution in [0.15, 0.2) is 0 Å². The van der Waals surface area contributed by atoms with Gasteiger partial charge in [0.2, 0.25) is 0 Å². The summed E-state index contributed by atoms with van der Waals surface area (Å²) in [5.41, 5.74) is 0. The standard InChI is InChI=1S/C9H16O4.K.Li/c1-2-3-4-5-6-7(8(10)11)9(12)13;;/h7H,2-6H2,1H3,(H,10,11)(H,12,13);;/q;2*+1/p-2. The first-order valence-electron chi connectivity index (χ1n) is 4.51. The minimum atomic E-state index is -1.54. The monoisotopic (exact) mass is 232 g/mol. The van der Waals surface area contributed by atoms with E-state index in [2.05, 4.69) is 0 Å². The van der Waals surface area contributed by atoms with Gasteiger partial charge >= 0.3 is 70.2 Å². The van der Waals surface area contributed by atoms with Crippen LogP contribution in [0.1, 0.15) is 39.0 Å². The van der Waals surface area contributed by atoms with Gasteiger partial charge in [0.1, 0.15) is 0 Å². The van der Waals surface area contributed by atoms with E-state index in [1.165, 1.54) is 0 Å². The first kappa shape index (κ1) is 21.5. The Labute approximate surface area is 145 Å². The van der Waals surface area contributed by atoms with E-state index in [-0.39, 0.29) is 76.7 Å². The summed E-state index contributed by atoms with van der Waals surface area (Å²) >= 11 is 0. The zero-order chi connectivity index (χ0) is 10.3. The van der Waals surface area contributed by atoms with E-state index in [0.29, 0.717) is 6.42 Å². The number of aliphatic carboxylic acids is 2. The molecular weight excluding hydrogens is 218 g/mol. The molecule has 0 aliphatic heterocycles. The van der Waals surface area contributed by atoms with Crippen molar-refractivity contribution in [3.8, 4) is 0 Å². The van der Waals surface area contributed by atoms with Crippen molar-refractivity contribution < 1.29 is 90.0 Å². The molecule has 0 aromatic rings. The fourth-order valence-corrected chi connectivity index (χ4v) is 1.11. The van der Waals surface area contributed by atoms with E-state index < -0.39 is 17.9 Å². The second kappa shape index (κ2) is 13.2. The molecule has 0 N–H and O–H groups in total. The SMILES string of the molecule is CCCCCCC(C(=O)[O-])C(=O)[O-].[K+].[Li+]. The van der Waals surface area contributed by atoms with Crippen LogP contribution >= 0.6 is 0 Å². The number of hydrogen-bond acceptors (Lipinski definition) is 4. The van der Waals surface area contributed by atoms with Gasteiger partial charge in [-0.25, -0.2) is 0 Å². The Balaban J connectivity index is -0.000000720. The van der Waals surface area contributed by atoms with Crippen LogP contribution in [0.2, 0.25) is 0 Å². The zero-order valence-electron chi connectivity index (χ0n) is 9.75. The molecule has 4 nitrogen and oxygen atoms in total. The summed E-state index contributed by atoms with van der Waals surface area (Å²) in [5, 5.41) is 20.5. The van der Waals surface area contributed by atoms with Gasteiger partial charge in [-0.15, -0.1) is 0 Å². The maximum absolute atomic E-state index is 10.3. The average molecular weight is 232 g/mol. The number of carbonyl (C=O) groups excluding carboxylic acids is 2. The Morgan fingerprint density at radius 3 is 1.87 bits per heavy atom. The molecule has 0 rings (SSSR count). The van der Waals surface area contributed by atoms with E-state index >= 15 is 0 Å². The van der Waals surface area contributed by atoms with Crippen molar-refractivity contribution in [3.05, 3.63) is 0 Å². The first-order valence-corrected chi connectivity index (χ1v) is 4.51. The van der Waals surface area contributed by atoms with Crippen LogP contribution in [0.3, 0.4) is 0 Å². The predicted molar refractivity (Wildman–Crippen MR) is 42.3 cm³/mol. The van der Waals surface area contributed by atoms with Crippen LogP contribution < -0.4 is 80.5 Å². The summed E-state index contributed by atoms with van der Waals surface area (Å²) in [6.45, 7) is 2.02. The van der Waals surface area contributed by atoms with Crippen LogP contribution in [-0.2, 0) is 9.59 Å². The van der Waals surface area contributed by atoms with Gasteiger partial charge in [0.15, 0.2) is 0 Å². The molecule has 0 bridgehead atoms. The Hall–Kier alpha value is 1.17. The van der Waals surface area contributed by atoms with Gasteiger partial charge in [-0.3, -0.25) is 0 Å². The first-order chi connectivity index (χ1) is 6.09. The van der Waals surface area contributed by atoms with Gasteiger partial charge < -0.3 is 19.8 Å². The predicted octanol–water partition coefficient (Wildman–Crippen LogP) is -6.92. The van der Waals surface area contributed by atoms with E-state index in [1.54, 1.807) is 0 Å². The third kappa shape index (κ3) is 11.4. The largest absolute Gasteiger partial charge is 1.00 e. The van der Waals surface area contributed by atoms with Crippen molar-refractivity contribution in [2.45, 2.75) is 39.0 Å². The van der Waals surface area contributed by atoms with Gasteiger partial charge in [-0.1, -0.05) is 32.6 Å². The molecule has 0 saturated heterocycles.